The van der Waals surface area contributed by atoms with Crippen LogP contribution in [0.25, 0.3) is 0 Å². The molecule has 1 aromatic rings. The number of aliphatic carboxylic acids is 1. The molecule has 1 aliphatic carbocycles. The molecular weight excluding hydrogens is 220 g/mol. The zero-order valence-electron chi connectivity index (χ0n) is 9.73. The van der Waals surface area contributed by atoms with Crippen molar-refractivity contribution in [2.45, 2.75) is 38.0 Å². The summed E-state index contributed by atoms with van der Waals surface area (Å²) in [5.74, 6) is -0.991. The summed E-state index contributed by atoms with van der Waals surface area (Å²) in [5.41, 5.74) is -0.212. The van der Waals surface area contributed by atoms with Crippen LogP contribution in [0.5, 0.6) is 11.5 Å². The lowest BCUT2D eigenvalue weighted by molar-refractivity contribution is -0.143. The number of carbonyl (C=O) groups is 1. The Morgan fingerprint density at radius 2 is 1.82 bits per heavy atom. The first kappa shape index (κ1) is 11.8. The molecule has 0 spiro atoms. The smallest absolute Gasteiger partial charge is 0.314 e. The van der Waals surface area contributed by atoms with Gasteiger partial charge in [-0.3, -0.25) is 4.79 Å². The van der Waals surface area contributed by atoms with Crippen molar-refractivity contribution in [1.82, 2.24) is 0 Å². The number of carboxylic acid groups (broad SMARTS) is 1. The fourth-order valence-corrected chi connectivity index (χ4v) is 2.65. The van der Waals surface area contributed by atoms with Gasteiger partial charge in [0, 0.05) is 11.1 Å². The highest BCUT2D eigenvalue weighted by atomic mass is 16.4. The fourth-order valence-electron chi connectivity index (χ4n) is 2.65. The van der Waals surface area contributed by atoms with E-state index in [1.807, 2.05) is 0 Å². The van der Waals surface area contributed by atoms with Crippen LogP contribution < -0.4 is 0 Å². The Hall–Kier alpha value is -1.71. The first-order valence-corrected chi connectivity index (χ1v) is 5.74. The number of rotatable bonds is 2. The van der Waals surface area contributed by atoms with E-state index in [9.17, 15) is 20.1 Å². The minimum absolute atomic E-state index is 0.00946. The van der Waals surface area contributed by atoms with Crippen molar-refractivity contribution in [3.05, 3.63) is 23.3 Å². The normalized spacial score (nSPS) is 18.2. The van der Waals surface area contributed by atoms with Crippen LogP contribution in [0, 0.1) is 6.92 Å². The largest absolute Gasteiger partial charge is 0.508 e. The predicted octanol–water partition coefficient (Wildman–Crippen LogP) is 2.30. The molecular formula is C13H16O4. The zero-order chi connectivity index (χ0) is 12.6. The van der Waals surface area contributed by atoms with Crippen LogP contribution in [0.2, 0.25) is 0 Å². The number of hydrogen-bond donors (Lipinski definition) is 3. The molecule has 0 amide bonds. The summed E-state index contributed by atoms with van der Waals surface area (Å²) in [6, 6.07) is 2.98. The second-order valence-electron chi connectivity index (χ2n) is 4.70. The van der Waals surface area contributed by atoms with Crippen LogP contribution in [-0.2, 0) is 10.2 Å². The first-order valence-electron chi connectivity index (χ1n) is 5.74. The van der Waals surface area contributed by atoms with E-state index in [-0.39, 0.29) is 11.5 Å². The molecule has 17 heavy (non-hydrogen) atoms. The first-order chi connectivity index (χ1) is 7.99. The van der Waals surface area contributed by atoms with Crippen molar-refractivity contribution in [2.24, 2.45) is 0 Å². The van der Waals surface area contributed by atoms with Crippen molar-refractivity contribution in [1.29, 1.82) is 0 Å². The topological polar surface area (TPSA) is 77.8 Å². The summed E-state index contributed by atoms with van der Waals surface area (Å²) in [6.45, 7) is 1.58. The number of hydrogen-bond acceptors (Lipinski definition) is 3. The Kier molecular flexibility index (Phi) is 2.73. The molecule has 0 atom stereocenters. The molecule has 2 rings (SSSR count). The fraction of sp³-hybridized carbons (Fsp3) is 0.462. The number of aromatic hydroxyl groups is 2. The lowest BCUT2D eigenvalue weighted by Gasteiger charge is -2.26. The Labute approximate surface area is 99.5 Å². The van der Waals surface area contributed by atoms with Crippen LogP contribution in [0.1, 0.15) is 36.8 Å². The highest BCUT2D eigenvalue weighted by Gasteiger charge is 2.44. The monoisotopic (exact) mass is 236 g/mol. The van der Waals surface area contributed by atoms with Gasteiger partial charge in [-0.15, -0.1) is 0 Å². The minimum Gasteiger partial charge on any atom is -0.508 e. The van der Waals surface area contributed by atoms with Crippen LogP contribution in [0.15, 0.2) is 12.1 Å². The van der Waals surface area contributed by atoms with Gasteiger partial charge in [-0.2, -0.15) is 0 Å². The van der Waals surface area contributed by atoms with Crippen LogP contribution in [-0.4, -0.2) is 21.3 Å². The van der Waals surface area contributed by atoms with Gasteiger partial charge in [0.15, 0.2) is 0 Å². The van der Waals surface area contributed by atoms with E-state index >= 15 is 0 Å². The summed E-state index contributed by atoms with van der Waals surface area (Å²) < 4.78 is 0. The molecule has 4 heteroatoms. The van der Waals surface area contributed by atoms with Gasteiger partial charge in [-0.25, -0.2) is 0 Å². The summed E-state index contributed by atoms with van der Waals surface area (Å²) in [4.78, 5) is 11.5. The molecule has 0 aromatic heterocycles. The molecule has 3 N–H and O–H groups in total. The molecule has 0 radical (unpaired) electrons. The van der Waals surface area contributed by atoms with Crippen LogP contribution in [0.4, 0.5) is 0 Å². The van der Waals surface area contributed by atoms with E-state index in [0.717, 1.165) is 12.8 Å². The molecule has 1 aromatic carbocycles. The third kappa shape index (κ3) is 1.64. The van der Waals surface area contributed by atoms with Gasteiger partial charge in [0.05, 0.1) is 5.41 Å². The Morgan fingerprint density at radius 1 is 1.24 bits per heavy atom. The van der Waals surface area contributed by atoms with Gasteiger partial charge in [-0.1, -0.05) is 18.9 Å². The second kappa shape index (κ2) is 3.95. The van der Waals surface area contributed by atoms with E-state index in [2.05, 4.69) is 0 Å². The van der Waals surface area contributed by atoms with Crippen molar-refractivity contribution in [2.75, 3.05) is 0 Å². The Balaban J connectivity index is 2.59. The molecule has 1 saturated carbocycles. The Morgan fingerprint density at radius 3 is 2.35 bits per heavy atom. The van der Waals surface area contributed by atoms with Gasteiger partial charge in [0.2, 0.25) is 0 Å². The molecule has 4 nitrogen and oxygen atoms in total. The third-order valence-corrected chi connectivity index (χ3v) is 3.78. The minimum atomic E-state index is -0.984. The van der Waals surface area contributed by atoms with Gasteiger partial charge in [0.25, 0.3) is 0 Å². The van der Waals surface area contributed by atoms with Gasteiger partial charge in [0.1, 0.15) is 11.5 Å². The van der Waals surface area contributed by atoms with E-state index in [1.54, 1.807) is 6.92 Å². The molecule has 1 aliphatic rings. The van der Waals surface area contributed by atoms with E-state index in [1.165, 1.54) is 12.1 Å². The Bertz CT molecular complexity index is 459. The second-order valence-corrected chi connectivity index (χ2v) is 4.70. The number of phenolic OH excluding ortho intramolecular Hbond substituents is 2. The summed E-state index contributed by atoms with van der Waals surface area (Å²) in [6.07, 6.45) is 2.79. The predicted molar refractivity (Wildman–Crippen MR) is 62.3 cm³/mol. The SMILES string of the molecule is Cc1c(O)ccc(C2(C(=O)O)CCCC2)c1O. The third-order valence-electron chi connectivity index (χ3n) is 3.78. The van der Waals surface area contributed by atoms with Gasteiger partial charge >= 0.3 is 5.97 Å². The van der Waals surface area contributed by atoms with E-state index in [0.29, 0.717) is 24.0 Å². The number of phenols is 2. The van der Waals surface area contributed by atoms with Crippen molar-refractivity contribution < 1.29 is 20.1 Å². The van der Waals surface area contributed by atoms with Gasteiger partial charge < -0.3 is 15.3 Å². The highest BCUT2D eigenvalue weighted by Crippen LogP contribution is 2.46. The van der Waals surface area contributed by atoms with E-state index < -0.39 is 11.4 Å². The van der Waals surface area contributed by atoms with Crippen molar-refractivity contribution in [3.63, 3.8) is 0 Å². The molecule has 92 valence electrons. The van der Waals surface area contributed by atoms with E-state index in [4.69, 9.17) is 0 Å². The lowest BCUT2D eigenvalue weighted by atomic mass is 9.78. The molecule has 1 fully saturated rings. The average Bonchev–Trinajstić information content (AvgIpc) is 2.76. The summed E-state index contributed by atoms with van der Waals surface area (Å²) in [7, 11) is 0. The summed E-state index contributed by atoms with van der Waals surface area (Å²) in [5, 5.41) is 28.9. The van der Waals surface area contributed by atoms with Crippen LogP contribution in [0.3, 0.4) is 0 Å². The molecule has 0 bridgehead atoms. The van der Waals surface area contributed by atoms with Gasteiger partial charge in [-0.05, 0) is 25.8 Å². The molecule has 0 unspecified atom stereocenters. The maximum atomic E-state index is 11.5. The highest BCUT2D eigenvalue weighted by molar-refractivity contribution is 5.83. The quantitative estimate of drug-likeness (QED) is 0.736. The molecule has 0 saturated heterocycles. The maximum Gasteiger partial charge on any atom is 0.314 e. The number of benzene rings is 1. The molecule has 0 aliphatic heterocycles. The summed E-state index contributed by atoms with van der Waals surface area (Å²) >= 11 is 0. The maximum absolute atomic E-state index is 11.5. The average molecular weight is 236 g/mol. The van der Waals surface area contributed by atoms with Crippen molar-refractivity contribution >= 4 is 5.97 Å². The zero-order valence-corrected chi connectivity index (χ0v) is 9.73. The van der Waals surface area contributed by atoms with Crippen molar-refractivity contribution in [3.8, 4) is 11.5 Å². The van der Waals surface area contributed by atoms with Crippen LogP contribution >= 0.6 is 0 Å². The number of carboxylic acids is 1. The standard InChI is InChI=1S/C13H16O4/c1-8-10(14)5-4-9(11(8)15)13(12(16)17)6-2-3-7-13/h4-5,14-15H,2-3,6-7H2,1H3,(H,16,17). The lowest BCUT2D eigenvalue weighted by Crippen LogP contribution is -2.32. The molecule has 0 heterocycles.